The van der Waals surface area contributed by atoms with Crippen LogP contribution in [0.2, 0.25) is 10.0 Å². The van der Waals surface area contributed by atoms with Gasteiger partial charge in [-0.3, -0.25) is 9.59 Å². The van der Waals surface area contributed by atoms with Crippen molar-refractivity contribution in [2.24, 2.45) is 5.41 Å². The van der Waals surface area contributed by atoms with E-state index in [-0.39, 0.29) is 19.6 Å². The van der Waals surface area contributed by atoms with Crippen LogP contribution in [0, 0.1) is 5.41 Å². The Balaban J connectivity index is 2.04. The van der Waals surface area contributed by atoms with Gasteiger partial charge in [-0.15, -0.1) is 0 Å². The normalized spacial score (nSPS) is 15.8. The lowest BCUT2D eigenvalue weighted by atomic mass is 9.69. The number of esters is 2. The van der Waals surface area contributed by atoms with Crippen LogP contribution in [0.3, 0.4) is 0 Å². The van der Waals surface area contributed by atoms with Gasteiger partial charge in [0.1, 0.15) is 5.76 Å². The summed E-state index contributed by atoms with van der Waals surface area (Å²) in [5.74, 6) is -1.05. The molecule has 1 aliphatic heterocycles. The van der Waals surface area contributed by atoms with E-state index < -0.39 is 23.0 Å². The highest BCUT2D eigenvalue weighted by molar-refractivity contribution is 6.30. The first kappa shape index (κ1) is 25.8. The minimum atomic E-state index is -1.77. The van der Waals surface area contributed by atoms with Crippen molar-refractivity contribution in [3.05, 3.63) is 112 Å². The third kappa shape index (κ3) is 4.86. The molecule has 0 unspecified atom stereocenters. The number of ether oxygens (including phenoxy) is 3. The molecule has 7 heteroatoms. The number of carbonyl (C=O) groups excluding carboxylic acids is 2. The average Bonchev–Trinajstić information content (AvgIpc) is 2.90. The number of carbonyl (C=O) groups is 2. The molecular weight excluding hydrogens is 499 g/mol. The summed E-state index contributed by atoms with van der Waals surface area (Å²) in [5.41, 5.74) is -0.937. The summed E-state index contributed by atoms with van der Waals surface area (Å²) in [4.78, 5) is 27.2. The van der Waals surface area contributed by atoms with E-state index in [4.69, 9.17) is 37.4 Å². The average molecular weight is 525 g/mol. The molecule has 1 heterocycles. The smallest absolute Gasteiger partial charge is 0.327 e. The number of rotatable bonds is 7. The maximum Gasteiger partial charge on any atom is 0.327 e. The second-order valence-electron chi connectivity index (χ2n) is 8.41. The van der Waals surface area contributed by atoms with Crippen molar-refractivity contribution in [1.82, 2.24) is 0 Å². The van der Waals surface area contributed by atoms with Crippen molar-refractivity contribution in [1.29, 1.82) is 0 Å². The van der Waals surface area contributed by atoms with E-state index in [1.807, 2.05) is 54.6 Å². The van der Waals surface area contributed by atoms with Crippen LogP contribution in [0.4, 0.5) is 0 Å². The molecule has 186 valence electrons. The molecular formula is C29H26Cl2O5. The molecule has 0 amide bonds. The molecule has 0 saturated heterocycles. The Bertz CT molecular complexity index is 1190. The van der Waals surface area contributed by atoms with Gasteiger partial charge in [0.05, 0.1) is 13.2 Å². The lowest BCUT2D eigenvalue weighted by molar-refractivity contribution is -0.173. The Morgan fingerprint density at radius 1 is 0.778 bits per heavy atom. The quantitative estimate of drug-likeness (QED) is 0.251. The summed E-state index contributed by atoms with van der Waals surface area (Å²) < 4.78 is 17.7. The van der Waals surface area contributed by atoms with Crippen LogP contribution in [0.1, 0.15) is 37.0 Å². The van der Waals surface area contributed by atoms with E-state index in [0.717, 1.165) is 0 Å². The lowest BCUT2D eigenvalue weighted by Crippen LogP contribution is -2.50. The molecule has 0 aliphatic carbocycles. The first-order chi connectivity index (χ1) is 17.3. The molecule has 0 radical (unpaired) electrons. The number of halogens is 2. The van der Waals surface area contributed by atoms with Gasteiger partial charge < -0.3 is 14.2 Å². The lowest BCUT2D eigenvalue weighted by Gasteiger charge is -2.45. The molecule has 0 spiro atoms. The highest BCUT2D eigenvalue weighted by Crippen LogP contribution is 2.52. The van der Waals surface area contributed by atoms with Crippen molar-refractivity contribution < 1.29 is 23.8 Å². The topological polar surface area (TPSA) is 61.8 Å². The molecule has 0 bridgehead atoms. The third-order valence-corrected chi connectivity index (χ3v) is 6.65. The fraction of sp³-hybridized carbons (Fsp3) is 0.241. The van der Waals surface area contributed by atoms with Crippen LogP contribution in [0.5, 0.6) is 0 Å². The molecule has 5 nitrogen and oxygen atoms in total. The Labute approximate surface area is 220 Å². The molecule has 0 atom stereocenters. The van der Waals surface area contributed by atoms with Gasteiger partial charge in [-0.05, 0) is 44.2 Å². The fourth-order valence-corrected chi connectivity index (χ4v) is 4.71. The molecule has 3 aromatic carbocycles. The Morgan fingerprint density at radius 3 is 1.69 bits per heavy atom. The van der Waals surface area contributed by atoms with E-state index in [1.54, 1.807) is 38.1 Å². The Kier molecular flexibility index (Phi) is 7.72. The van der Waals surface area contributed by atoms with Crippen LogP contribution in [-0.4, -0.2) is 25.2 Å². The zero-order chi connectivity index (χ0) is 25.8. The summed E-state index contributed by atoms with van der Waals surface area (Å²) in [6.07, 6.45) is 1.44. The van der Waals surface area contributed by atoms with Crippen LogP contribution in [0.15, 0.2) is 84.9 Å². The van der Waals surface area contributed by atoms with Gasteiger partial charge in [-0.2, -0.15) is 0 Å². The summed E-state index contributed by atoms with van der Waals surface area (Å²) in [6.45, 7) is 3.60. The van der Waals surface area contributed by atoms with E-state index in [1.165, 1.54) is 6.08 Å². The summed E-state index contributed by atoms with van der Waals surface area (Å²) in [6, 6.07) is 23.6. The van der Waals surface area contributed by atoms with Gasteiger partial charge >= 0.3 is 11.9 Å². The third-order valence-electron chi connectivity index (χ3n) is 6.15. The van der Waals surface area contributed by atoms with Crippen molar-refractivity contribution in [3.8, 4) is 0 Å². The zero-order valence-electron chi connectivity index (χ0n) is 20.0. The fourth-order valence-electron chi connectivity index (χ4n) is 4.46. The SMILES string of the molecule is CCOC(=O)C1(C(=O)OCC)C=C(c2ccccc2)OC(c2ccc(Cl)cc2)(c2ccc(Cl)cc2)C1. The van der Waals surface area contributed by atoms with Crippen molar-refractivity contribution in [3.63, 3.8) is 0 Å². The van der Waals surface area contributed by atoms with Gasteiger partial charge in [-0.25, -0.2) is 0 Å². The predicted octanol–water partition coefficient (Wildman–Crippen LogP) is 6.81. The van der Waals surface area contributed by atoms with E-state index in [0.29, 0.717) is 32.5 Å². The van der Waals surface area contributed by atoms with E-state index >= 15 is 0 Å². The molecule has 0 aromatic heterocycles. The second kappa shape index (κ2) is 10.8. The van der Waals surface area contributed by atoms with E-state index in [2.05, 4.69) is 0 Å². The first-order valence-corrected chi connectivity index (χ1v) is 12.4. The van der Waals surface area contributed by atoms with Gasteiger partial charge in [0.15, 0.2) is 11.0 Å². The second-order valence-corrected chi connectivity index (χ2v) is 9.28. The highest BCUT2D eigenvalue weighted by atomic mass is 35.5. The van der Waals surface area contributed by atoms with Gasteiger partial charge in [0.2, 0.25) is 0 Å². The molecule has 4 rings (SSSR count). The minimum absolute atomic E-state index is 0.0860. The first-order valence-electron chi connectivity index (χ1n) is 11.7. The Hall–Kier alpha value is -3.28. The van der Waals surface area contributed by atoms with Crippen LogP contribution in [0.25, 0.3) is 5.76 Å². The maximum atomic E-state index is 13.6. The zero-order valence-corrected chi connectivity index (χ0v) is 21.5. The summed E-state index contributed by atoms with van der Waals surface area (Å²) >= 11 is 12.4. The molecule has 1 aliphatic rings. The largest absolute Gasteiger partial charge is 0.477 e. The van der Waals surface area contributed by atoms with Gasteiger partial charge in [0, 0.05) is 33.2 Å². The van der Waals surface area contributed by atoms with E-state index in [9.17, 15) is 9.59 Å². The van der Waals surface area contributed by atoms with Gasteiger partial charge in [-0.1, -0.05) is 77.8 Å². The molecule has 3 aromatic rings. The van der Waals surface area contributed by atoms with Crippen molar-refractivity contribution >= 4 is 40.9 Å². The molecule has 0 fully saturated rings. The molecule has 0 N–H and O–H groups in total. The minimum Gasteiger partial charge on any atom is -0.477 e. The van der Waals surface area contributed by atoms with Crippen LogP contribution < -0.4 is 0 Å². The van der Waals surface area contributed by atoms with Crippen LogP contribution >= 0.6 is 23.2 Å². The van der Waals surface area contributed by atoms with Gasteiger partial charge in [0.25, 0.3) is 0 Å². The molecule has 0 saturated carbocycles. The molecule has 36 heavy (non-hydrogen) atoms. The van der Waals surface area contributed by atoms with Crippen molar-refractivity contribution in [2.75, 3.05) is 13.2 Å². The highest BCUT2D eigenvalue weighted by Gasteiger charge is 2.58. The predicted molar refractivity (Wildman–Crippen MR) is 140 cm³/mol. The number of hydrogen-bond acceptors (Lipinski definition) is 5. The van der Waals surface area contributed by atoms with Crippen molar-refractivity contribution in [2.45, 2.75) is 25.9 Å². The summed E-state index contributed by atoms with van der Waals surface area (Å²) in [7, 11) is 0. The summed E-state index contributed by atoms with van der Waals surface area (Å²) in [5, 5.41) is 1.09. The maximum absolute atomic E-state index is 13.6. The number of benzene rings is 3. The van der Waals surface area contributed by atoms with Crippen LogP contribution in [-0.2, 0) is 29.4 Å². The monoisotopic (exact) mass is 524 g/mol. The standard InChI is InChI=1S/C29H26Cl2O5/c1-3-34-26(32)28(27(33)35-4-2)18-25(20-8-6-5-7-9-20)36-29(19-28,21-10-14-23(30)15-11-21)22-12-16-24(31)17-13-22/h5-18H,3-4,19H2,1-2H3. The number of hydrogen-bond donors (Lipinski definition) is 0. The Morgan fingerprint density at radius 2 is 1.25 bits per heavy atom.